The zero-order valence-electron chi connectivity index (χ0n) is 24.3. The standard InChI is InChI=1S/C31H40O10/c1-30(2)40-25(21-38-19-22-12-7-6-8-13-22)27(41-30)24-18-23(20-39-24)14-11-17-31(28(33)36-4,29(34)37-5)16-10-9-15-26(32)35-3/h6-9,11-15,20,24-25,27H,10,16-19,21H2,1-5H3/b14-11+,15-9+/t24-,25-,27-/m0/s1. The normalized spacial score (nSPS) is 22.0. The van der Waals surface area contributed by atoms with E-state index in [2.05, 4.69) is 4.74 Å². The van der Waals surface area contributed by atoms with Gasteiger partial charge >= 0.3 is 17.9 Å². The lowest BCUT2D eigenvalue weighted by molar-refractivity contribution is -0.169. The molecule has 1 saturated heterocycles. The van der Waals surface area contributed by atoms with Crippen LogP contribution in [0.5, 0.6) is 0 Å². The molecule has 10 heteroatoms. The van der Waals surface area contributed by atoms with E-state index in [-0.39, 0.29) is 37.6 Å². The predicted octanol–water partition coefficient (Wildman–Crippen LogP) is 4.18. The molecule has 1 aromatic carbocycles. The van der Waals surface area contributed by atoms with E-state index in [0.29, 0.717) is 19.6 Å². The van der Waals surface area contributed by atoms with Gasteiger partial charge in [-0.05, 0) is 44.2 Å². The molecule has 41 heavy (non-hydrogen) atoms. The molecule has 3 rings (SSSR count). The second kappa shape index (κ2) is 15.0. The number of benzene rings is 1. The summed E-state index contributed by atoms with van der Waals surface area (Å²) in [4.78, 5) is 37.0. The lowest BCUT2D eigenvalue weighted by Gasteiger charge is -2.26. The Morgan fingerprint density at radius 2 is 1.71 bits per heavy atom. The van der Waals surface area contributed by atoms with Crippen LogP contribution in [0.25, 0.3) is 0 Å². The number of rotatable bonds is 14. The van der Waals surface area contributed by atoms with Gasteiger partial charge in [-0.1, -0.05) is 48.6 Å². The summed E-state index contributed by atoms with van der Waals surface area (Å²) in [5.74, 6) is -2.74. The molecular weight excluding hydrogens is 532 g/mol. The molecule has 0 aromatic heterocycles. The third-order valence-electron chi connectivity index (χ3n) is 6.96. The summed E-state index contributed by atoms with van der Waals surface area (Å²) in [5, 5.41) is 0. The summed E-state index contributed by atoms with van der Waals surface area (Å²) < 4.78 is 38.7. The lowest BCUT2D eigenvalue weighted by atomic mass is 9.79. The molecule has 2 aliphatic rings. The molecule has 0 unspecified atom stereocenters. The molecule has 2 aliphatic heterocycles. The molecule has 0 saturated carbocycles. The van der Waals surface area contributed by atoms with E-state index in [9.17, 15) is 14.4 Å². The van der Waals surface area contributed by atoms with Gasteiger partial charge in [0.1, 0.15) is 18.3 Å². The Morgan fingerprint density at radius 1 is 1.00 bits per heavy atom. The van der Waals surface area contributed by atoms with Gasteiger partial charge in [-0.25, -0.2) is 4.79 Å². The van der Waals surface area contributed by atoms with Gasteiger partial charge in [0.15, 0.2) is 11.2 Å². The maximum Gasteiger partial charge on any atom is 0.330 e. The Balaban J connectivity index is 1.62. The fraction of sp³-hybridized carbons (Fsp3) is 0.516. The van der Waals surface area contributed by atoms with Gasteiger partial charge in [0.25, 0.3) is 0 Å². The van der Waals surface area contributed by atoms with Crippen molar-refractivity contribution in [1.29, 1.82) is 0 Å². The van der Waals surface area contributed by atoms with Crippen molar-refractivity contribution in [3.05, 3.63) is 72.0 Å². The van der Waals surface area contributed by atoms with Crippen LogP contribution < -0.4 is 0 Å². The maximum atomic E-state index is 12.8. The van der Waals surface area contributed by atoms with Gasteiger partial charge in [0.05, 0.1) is 40.8 Å². The molecular formula is C31H40O10. The van der Waals surface area contributed by atoms with Crippen molar-refractivity contribution in [1.82, 2.24) is 0 Å². The largest absolute Gasteiger partial charge is 0.495 e. The molecule has 0 bridgehead atoms. The number of carbonyl (C=O) groups is 3. The smallest absolute Gasteiger partial charge is 0.330 e. The van der Waals surface area contributed by atoms with Gasteiger partial charge < -0.3 is 33.2 Å². The monoisotopic (exact) mass is 572 g/mol. The van der Waals surface area contributed by atoms with Gasteiger partial charge in [0.2, 0.25) is 0 Å². The number of methoxy groups -OCH3 is 3. The number of carbonyl (C=O) groups excluding carboxylic acids is 3. The first-order valence-corrected chi connectivity index (χ1v) is 13.5. The Bertz CT molecular complexity index is 1100. The average Bonchev–Trinajstić information content (AvgIpc) is 3.56. The van der Waals surface area contributed by atoms with Gasteiger partial charge in [-0.15, -0.1) is 0 Å². The number of hydrogen-bond acceptors (Lipinski definition) is 10. The summed E-state index contributed by atoms with van der Waals surface area (Å²) in [7, 11) is 3.71. The van der Waals surface area contributed by atoms with Crippen molar-refractivity contribution in [2.75, 3.05) is 27.9 Å². The molecule has 0 amide bonds. The van der Waals surface area contributed by atoms with Crippen LogP contribution in [0.4, 0.5) is 0 Å². The number of esters is 3. The fourth-order valence-corrected chi connectivity index (χ4v) is 4.91. The van der Waals surface area contributed by atoms with E-state index in [1.165, 1.54) is 27.4 Å². The molecule has 2 heterocycles. The summed E-state index contributed by atoms with van der Waals surface area (Å²) in [6, 6.07) is 9.90. The van der Waals surface area contributed by atoms with E-state index < -0.39 is 29.1 Å². The molecule has 0 radical (unpaired) electrons. The zero-order chi connectivity index (χ0) is 29.9. The highest BCUT2D eigenvalue weighted by Gasteiger charge is 2.48. The SMILES string of the molecule is COC(=O)/C=C/CCC(C/C=C/C1=CO[C@H]([C@@H]2OC(C)(C)O[C@H]2COCc2ccccc2)C1)(C(=O)OC)C(=O)OC. The van der Waals surface area contributed by atoms with Crippen molar-refractivity contribution in [2.24, 2.45) is 5.41 Å². The third-order valence-corrected chi connectivity index (χ3v) is 6.96. The predicted molar refractivity (Wildman–Crippen MR) is 148 cm³/mol. The Labute approximate surface area is 241 Å². The van der Waals surface area contributed by atoms with Crippen LogP contribution >= 0.6 is 0 Å². The Kier molecular flexibility index (Phi) is 11.7. The van der Waals surface area contributed by atoms with Gasteiger partial charge in [-0.2, -0.15) is 0 Å². The minimum atomic E-state index is -1.58. The first-order chi connectivity index (χ1) is 19.6. The van der Waals surface area contributed by atoms with Crippen LogP contribution in [0.3, 0.4) is 0 Å². The van der Waals surface area contributed by atoms with Crippen LogP contribution in [0, 0.1) is 5.41 Å². The number of hydrogen-bond donors (Lipinski definition) is 0. The van der Waals surface area contributed by atoms with E-state index in [1.807, 2.05) is 50.3 Å². The van der Waals surface area contributed by atoms with Crippen molar-refractivity contribution in [2.45, 2.75) is 70.2 Å². The van der Waals surface area contributed by atoms with E-state index in [1.54, 1.807) is 18.4 Å². The molecule has 224 valence electrons. The highest BCUT2D eigenvalue weighted by Crippen LogP contribution is 2.37. The van der Waals surface area contributed by atoms with Crippen molar-refractivity contribution < 1.29 is 47.5 Å². The second-order valence-corrected chi connectivity index (χ2v) is 10.3. The Hall–Kier alpha value is -3.47. The van der Waals surface area contributed by atoms with Crippen LogP contribution in [0.2, 0.25) is 0 Å². The first-order valence-electron chi connectivity index (χ1n) is 13.5. The van der Waals surface area contributed by atoms with Gasteiger partial charge in [-0.3, -0.25) is 9.59 Å². The van der Waals surface area contributed by atoms with Crippen molar-refractivity contribution in [3.8, 4) is 0 Å². The van der Waals surface area contributed by atoms with Crippen molar-refractivity contribution >= 4 is 17.9 Å². The topological polar surface area (TPSA) is 116 Å². The lowest BCUT2D eigenvalue weighted by Crippen LogP contribution is -2.41. The third kappa shape index (κ3) is 8.76. The highest BCUT2D eigenvalue weighted by atomic mass is 16.8. The van der Waals surface area contributed by atoms with Crippen LogP contribution in [-0.2, 0) is 54.1 Å². The first kappa shape index (κ1) is 32.0. The molecule has 3 atom stereocenters. The zero-order valence-corrected chi connectivity index (χ0v) is 24.3. The number of allylic oxidation sites excluding steroid dienone is 3. The van der Waals surface area contributed by atoms with Crippen LogP contribution in [-0.4, -0.2) is 69.9 Å². The fourth-order valence-electron chi connectivity index (χ4n) is 4.91. The average molecular weight is 573 g/mol. The summed E-state index contributed by atoms with van der Waals surface area (Å²) >= 11 is 0. The second-order valence-electron chi connectivity index (χ2n) is 10.3. The Morgan fingerprint density at radius 3 is 2.37 bits per heavy atom. The minimum absolute atomic E-state index is 0.0342. The summed E-state index contributed by atoms with van der Waals surface area (Å²) in [6.45, 7) is 4.53. The molecule has 0 aliphatic carbocycles. The van der Waals surface area contributed by atoms with E-state index in [4.69, 9.17) is 28.4 Å². The minimum Gasteiger partial charge on any atom is -0.495 e. The molecule has 10 nitrogen and oxygen atoms in total. The van der Waals surface area contributed by atoms with Crippen LogP contribution in [0.15, 0.2) is 66.5 Å². The van der Waals surface area contributed by atoms with E-state index >= 15 is 0 Å². The molecule has 0 spiro atoms. The van der Waals surface area contributed by atoms with E-state index in [0.717, 1.165) is 11.1 Å². The molecule has 1 aromatic rings. The molecule has 0 N–H and O–H groups in total. The molecule has 1 fully saturated rings. The van der Waals surface area contributed by atoms with Crippen LogP contribution in [0.1, 0.15) is 45.1 Å². The van der Waals surface area contributed by atoms with Crippen molar-refractivity contribution in [3.63, 3.8) is 0 Å². The summed E-state index contributed by atoms with van der Waals surface area (Å²) in [6.07, 6.45) is 7.91. The summed E-state index contributed by atoms with van der Waals surface area (Å²) in [5.41, 5.74) is 0.359. The van der Waals surface area contributed by atoms with Gasteiger partial charge in [0, 0.05) is 12.5 Å². The number of ether oxygens (including phenoxy) is 7. The quantitative estimate of drug-likeness (QED) is 0.139. The maximum absolute atomic E-state index is 12.8. The highest BCUT2D eigenvalue weighted by molar-refractivity contribution is 6.00.